The predicted molar refractivity (Wildman–Crippen MR) is 46.3 cm³/mol. The van der Waals surface area contributed by atoms with Gasteiger partial charge < -0.3 is 10.2 Å². The van der Waals surface area contributed by atoms with E-state index < -0.39 is 6.61 Å². The molecule has 6 heteroatoms. The quantitative estimate of drug-likeness (QED) is 0.440. The Morgan fingerprint density at radius 2 is 2.21 bits per heavy atom. The van der Waals surface area contributed by atoms with E-state index in [0.717, 1.165) is 0 Å². The zero-order chi connectivity index (χ0) is 10.6. The van der Waals surface area contributed by atoms with Gasteiger partial charge in [0.25, 0.3) is 0 Å². The van der Waals surface area contributed by atoms with Gasteiger partial charge in [0.2, 0.25) is 0 Å². The number of nitrogens with one attached hydrogen (secondary N) is 1. The molecular weight excluding hydrogens is 194 g/mol. The maximum atomic E-state index is 11.8. The van der Waals surface area contributed by atoms with E-state index in [2.05, 4.69) is 10.2 Å². The van der Waals surface area contributed by atoms with E-state index in [9.17, 15) is 13.6 Å². The fourth-order valence-electron chi connectivity index (χ4n) is 0.939. The minimum Gasteiger partial charge on any atom is -0.435 e. The molecule has 76 valence electrons. The highest BCUT2D eigenvalue weighted by molar-refractivity contribution is 5.84. The predicted octanol–water partition coefficient (Wildman–Crippen LogP) is 1.39. The Morgan fingerprint density at radius 1 is 1.50 bits per heavy atom. The molecule has 0 saturated heterocycles. The smallest absolute Gasteiger partial charge is 0.387 e. The molecule has 3 N–H and O–H groups in total. The molecule has 4 nitrogen and oxygen atoms in total. The first-order valence-electron chi connectivity index (χ1n) is 3.68. The number of nitrogens with two attached hydrogens (primary N) is 1. The van der Waals surface area contributed by atoms with Crippen LogP contribution in [0.2, 0.25) is 0 Å². The van der Waals surface area contributed by atoms with Gasteiger partial charge in [0.05, 0.1) is 5.69 Å². The van der Waals surface area contributed by atoms with Crippen LogP contribution in [0, 0.1) is 0 Å². The Labute approximate surface area is 78.6 Å². The van der Waals surface area contributed by atoms with E-state index in [1.807, 2.05) is 0 Å². The molecule has 0 bridgehead atoms. The van der Waals surface area contributed by atoms with E-state index in [4.69, 9.17) is 5.84 Å². The zero-order valence-corrected chi connectivity index (χ0v) is 7.04. The normalized spacial score (nSPS) is 10.0. The third-order valence-electron chi connectivity index (χ3n) is 1.53. The van der Waals surface area contributed by atoms with Crippen LogP contribution < -0.4 is 16.0 Å². The second kappa shape index (κ2) is 4.52. The van der Waals surface area contributed by atoms with Gasteiger partial charge in [-0.25, -0.2) is 0 Å². The number of aldehydes is 1. The van der Waals surface area contributed by atoms with Crippen LogP contribution in [0.15, 0.2) is 18.2 Å². The third-order valence-corrected chi connectivity index (χ3v) is 1.53. The molecule has 1 aromatic rings. The molecule has 0 spiro atoms. The van der Waals surface area contributed by atoms with Crippen molar-refractivity contribution in [2.75, 3.05) is 5.43 Å². The van der Waals surface area contributed by atoms with Crippen LogP contribution in [0.4, 0.5) is 14.5 Å². The van der Waals surface area contributed by atoms with Crippen molar-refractivity contribution in [3.8, 4) is 5.75 Å². The fourth-order valence-corrected chi connectivity index (χ4v) is 0.939. The molecule has 0 unspecified atom stereocenters. The van der Waals surface area contributed by atoms with Gasteiger partial charge in [-0.05, 0) is 12.1 Å². The van der Waals surface area contributed by atoms with Gasteiger partial charge in [-0.2, -0.15) is 8.78 Å². The molecule has 0 aliphatic rings. The summed E-state index contributed by atoms with van der Waals surface area (Å²) in [6.45, 7) is -2.90. The SMILES string of the molecule is NNc1cc(OC(F)F)ccc1C=O. The van der Waals surface area contributed by atoms with Crippen LogP contribution in [-0.2, 0) is 0 Å². The van der Waals surface area contributed by atoms with E-state index in [1.54, 1.807) is 0 Å². The Morgan fingerprint density at radius 3 is 2.71 bits per heavy atom. The van der Waals surface area contributed by atoms with Gasteiger partial charge in [0, 0.05) is 11.6 Å². The first kappa shape index (κ1) is 10.4. The first-order valence-corrected chi connectivity index (χ1v) is 3.68. The highest BCUT2D eigenvalue weighted by atomic mass is 19.3. The standard InChI is InChI=1S/C8H8F2N2O2/c9-8(10)14-6-2-1-5(4-13)7(3-6)12-11/h1-4,8,12H,11H2. The number of hydrazine groups is 1. The molecule has 14 heavy (non-hydrogen) atoms. The molecular formula is C8H8F2N2O2. The number of carbonyl (C=O) groups is 1. The molecule has 0 aliphatic heterocycles. The molecule has 0 atom stereocenters. The molecule has 0 amide bonds. The topological polar surface area (TPSA) is 64.3 Å². The molecule has 0 heterocycles. The molecule has 0 radical (unpaired) electrons. The van der Waals surface area contributed by atoms with E-state index in [-0.39, 0.29) is 17.0 Å². The average Bonchev–Trinajstić information content (AvgIpc) is 2.16. The van der Waals surface area contributed by atoms with Crippen molar-refractivity contribution >= 4 is 12.0 Å². The highest BCUT2D eigenvalue weighted by Crippen LogP contribution is 2.21. The van der Waals surface area contributed by atoms with Crippen molar-refractivity contribution < 1.29 is 18.3 Å². The Balaban J connectivity index is 2.95. The molecule has 0 aliphatic carbocycles. The summed E-state index contributed by atoms with van der Waals surface area (Å²) in [5, 5.41) is 0. The van der Waals surface area contributed by atoms with Gasteiger partial charge in [-0.15, -0.1) is 0 Å². The summed E-state index contributed by atoms with van der Waals surface area (Å²) in [5.41, 5.74) is 2.71. The van der Waals surface area contributed by atoms with Crippen molar-refractivity contribution in [3.05, 3.63) is 23.8 Å². The third kappa shape index (κ3) is 2.40. The number of alkyl halides is 2. The summed E-state index contributed by atoms with van der Waals surface area (Å²) >= 11 is 0. The molecule has 0 fully saturated rings. The second-order valence-electron chi connectivity index (χ2n) is 2.39. The Bertz CT molecular complexity index is 331. The zero-order valence-electron chi connectivity index (χ0n) is 7.04. The lowest BCUT2D eigenvalue weighted by molar-refractivity contribution is -0.0498. The first-order chi connectivity index (χ1) is 6.67. The number of carbonyl (C=O) groups excluding carboxylic acids is 1. The molecule has 1 aromatic carbocycles. The Kier molecular flexibility index (Phi) is 3.35. The summed E-state index contributed by atoms with van der Waals surface area (Å²) in [7, 11) is 0. The molecule has 0 saturated carbocycles. The maximum Gasteiger partial charge on any atom is 0.387 e. The molecule has 1 rings (SSSR count). The van der Waals surface area contributed by atoms with E-state index >= 15 is 0 Å². The van der Waals surface area contributed by atoms with Crippen LogP contribution >= 0.6 is 0 Å². The van der Waals surface area contributed by atoms with Gasteiger partial charge in [0.1, 0.15) is 5.75 Å². The van der Waals surface area contributed by atoms with E-state index in [0.29, 0.717) is 6.29 Å². The van der Waals surface area contributed by atoms with E-state index in [1.165, 1.54) is 18.2 Å². The lowest BCUT2D eigenvalue weighted by atomic mass is 10.2. The van der Waals surface area contributed by atoms with Crippen LogP contribution in [0.5, 0.6) is 5.75 Å². The lowest BCUT2D eigenvalue weighted by Crippen LogP contribution is -2.10. The maximum absolute atomic E-state index is 11.8. The number of nitrogen functional groups attached to an aromatic ring is 1. The number of hydrogen-bond acceptors (Lipinski definition) is 4. The number of rotatable bonds is 4. The van der Waals surface area contributed by atoms with Gasteiger partial charge >= 0.3 is 6.61 Å². The summed E-state index contributed by atoms with van der Waals surface area (Å²) in [5.74, 6) is 5.02. The van der Waals surface area contributed by atoms with Crippen LogP contribution in [0.1, 0.15) is 10.4 Å². The van der Waals surface area contributed by atoms with Crippen molar-refractivity contribution in [3.63, 3.8) is 0 Å². The lowest BCUT2D eigenvalue weighted by Gasteiger charge is -2.08. The van der Waals surface area contributed by atoms with Gasteiger partial charge in [-0.3, -0.25) is 10.6 Å². The fraction of sp³-hybridized carbons (Fsp3) is 0.125. The highest BCUT2D eigenvalue weighted by Gasteiger charge is 2.07. The van der Waals surface area contributed by atoms with Crippen molar-refractivity contribution in [1.29, 1.82) is 0 Å². The minimum absolute atomic E-state index is 0.0569. The average molecular weight is 202 g/mol. The number of anilines is 1. The van der Waals surface area contributed by atoms with Crippen molar-refractivity contribution in [1.82, 2.24) is 0 Å². The Hall–Kier alpha value is -1.69. The van der Waals surface area contributed by atoms with Crippen LogP contribution in [-0.4, -0.2) is 12.9 Å². The number of hydrogen-bond donors (Lipinski definition) is 2. The number of benzene rings is 1. The largest absolute Gasteiger partial charge is 0.435 e. The summed E-state index contributed by atoms with van der Waals surface area (Å²) < 4.78 is 27.7. The second-order valence-corrected chi connectivity index (χ2v) is 2.39. The van der Waals surface area contributed by atoms with Crippen molar-refractivity contribution in [2.24, 2.45) is 5.84 Å². The summed E-state index contributed by atoms with van der Waals surface area (Å²) in [6.07, 6.45) is 0.557. The summed E-state index contributed by atoms with van der Waals surface area (Å²) in [6, 6.07) is 3.81. The number of ether oxygens (including phenoxy) is 1. The van der Waals surface area contributed by atoms with Crippen LogP contribution in [0.3, 0.4) is 0 Å². The number of halogens is 2. The summed E-state index contributed by atoms with van der Waals surface area (Å²) in [4.78, 5) is 10.4. The van der Waals surface area contributed by atoms with Gasteiger partial charge in [0.15, 0.2) is 6.29 Å². The molecule has 0 aromatic heterocycles. The van der Waals surface area contributed by atoms with Gasteiger partial charge in [-0.1, -0.05) is 0 Å². The van der Waals surface area contributed by atoms with Crippen LogP contribution in [0.25, 0.3) is 0 Å². The minimum atomic E-state index is -2.90. The monoisotopic (exact) mass is 202 g/mol. The van der Waals surface area contributed by atoms with Crippen molar-refractivity contribution in [2.45, 2.75) is 6.61 Å².